The van der Waals surface area contributed by atoms with E-state index in [1.54, 1.807) is 11.0 Å². The Balaban J connectivity index is 2.29. The first-order valence-electron chi connectivity index (χ1n) is 5.95. The van der Waals surface area contributed by atoms with Crippen LogP contribution in [-0.4, -0.2) is 18.2 Å². The van der Waals surface area contributed by atoms with Gasteiger partial charge in [-0.1, -0.05) is 36.7 Å². The van der Waals surface area contributed by atoms with Gasteiger partial charge in [-0.05, 0) is 30.0 Å². The predicted octanol–water partition coefficient (Wildman–Crippen LogP) is 3.41. The summed E-state index contributed by atoms with van der Waals surface area (Å²) in [5, 5.41) is 0. The Morgan fingerprint density at radius 2 is 1.89 bits per heavy atom. The van der Waals surface area contributed by atoms with E-state index in [0.29, 0.717) is 12.1 Å². The van der Waals surface area contributed by atoms with E-state index >= 15 is 0 Å². The molecule has 0 radical (unpaired) electrons. The minimum Gasteiger partial charge on any atom is -0.305 e. The Morgan fingerprint density at radius 1 is 1.22 bits per heavy atom. The first-order chi connectivity index (χ1) is 8.29. The first kappa shape index (κ1) is 13.3. The molecule has 1 aromatic carbocycles. The van der Waals surface area contributed by atoms with Crippen LogP contribution in [0.25, 0.3) is 0 Å². The van der Waals surface area contributed by atoms with Gasteiger partial charge in [-0.2, -0.15) is 0 Å². The van der Waals surface area contributed by atoms with E-state index in [-0.39, 0.29) is 5.41 Å². The molecule has 1 heterocycles. The van der Waals surface area contributed by atoms with Crippen molar-refractivity contribution in [2.24, 2.45) is 5.41 Å². The Hall–Kier alpha value is -1.16. The number of ketones is 1. The second kappa shape index (κ2) is 4.50. The van der Waals surface area contributed by atoms with E-state index in [1.165, 1.54) is 0 Å². The molecule has 0 spiro atoms. The van der Waals surface area contributed by atoms with Crippen LogP contribution in [0.1, 0.15) is 37.6 Å². The lowest BCUT2D eigenvalue weighted by atomic mass is 9.92. The minimum absolute atomic E-state index is 0.140. The third-order valence-corrected chi connectivity index (χ3v) is 3.51. The first-order valence-corrected chi connectivity index (χ1v) is 6.75. The van der Waals surface area contributed by atoms with Crippen molar-refractivity contribution in [1.29, 1.82) is 0 Å². The number of benzene rings is 1. The fourth-order valence-corrected chi connectivity index (χ4v) is 2.30. The number of carbonyl (C=O) groups is 2. The number of amides is 1. The van der Waals surface area contributed by atoms with Crippen molar-refractivity contribution in [3.8, 4) is 0 Å². The zero-order chi connectivity index (χ0) is 13.5. The molecule has 0 aliphatic carbocycles. The van der Waals surface area contributed by atoms with E-state index in [2.05, 4.69) is 36.7 Å². The lowest BCUT2D eigenvalue weighted by Crippen LogP contribution is -2.32. The summed E-state index contributed by atoms with van der Waals surface area (Å²) in [5.41, 5.74) is 1.38. The average Bonchev–Trinajstić information content (AvgIpc) is 2.49. The highest BCUT2D eigenvalue weighted by Crippen LogP contribution is 2.32. The molecule has 0 fully saturated rings. The topological polar surface area (TPSA) is 37.4 Å². The molecule has 3 nitrogen and oxygen atoms in total. The van der Waals surface area contributed by atoms with E-state index in [1.807, 2.05) is 12.1 Å². The second-order valence-corrected chi connectivity index (χ2v) is 6.67. The maximum absolute atomic E-state index is 12.0. The van der Waals surface area contributed by atoms with Gasteiger partial charge < -0.3 is 4.90 Å². The van der Waals surface area contributed by atoms with Crippen molar-refractivity contribution < 1.29 is 9.59 Å². The third kappa shape index (κ3) is 2.48. The van der Waals surface area contributed by atoms with Crippen molar-refractivity contribution in [2.75, 3.05) is 11.4 Å². The van der Waals surface area contributed by atoms with Crippen LogP contribution in [-0.2, 0) is 4.79 Å². The second-order valence-electron chi connectivity index (χ2n) is 5.76. The van der Waals surface area contributed by atoms with Crippen molar-refractivity contribution >= 4 is 33.3 Å². The van der Waals surface area contributed by atoms with Crippen LogP contribution in [0.15, 0.2) is 22.7 Å². The number of rotatable bonds is 2. The van der Waals surface area contributed by atoms with Crippen LogP contribution in [0.3, 0.4) is 0 Å². The van der Waals surface area contributed by atoms with Gasteiger partial charge >= 0.3 is 0 Å². The molecule has 0 unspecified atom stereocenters. The lowest BCUT2D eigenvalue weighted by Gasteiger charge is -2.23. The van der Waals surface area contributed by atoms with E-state index < -0.39 is 11.7 Å². The van der Waals surface area contributed by atoms with Crippen LogP contribution in [0.5, 0.6) is 0 Å². The predicted molar refractivity (Wildman–Crippen MR) is 74.9 cm³/mol. The molecular weight excluding hydrogens is 294 g/mol. The summed E-state index contributed by atoms with van der Waals surface area (Å²) >= 11 is 3.32. The molecule has 1 amide bonds. The number of fused-ring (bicyclic) bond motifs is 1. The summed E-state index contributed by atoms with van der Waals surface area (Å²) < 4.78 is 0.820. The molecule has 0 saturated carbocycles. The van der Waals surface area contributed by atoms with Crippen molar-refractivity contribution in [1.82, 2.24) is 0 Å². The Labute approximate surface area is 115 Å². The Kier molecular flexibility index (Phi) is 3.32. The van der Waals surface area contributed by atoms with Gasteiger partial charge in [0.25, 0.3) is 11.7 Å². The molecule has 2 rings (SSSR count). The number of halogens is 1. The molecule has 0 N–H and O–H groups in total. The highest BCUT2D eigenvalue weighted by Gasteiger charge is 2.35. The van der Waals surface area contributed by atoms with Crippen LogP contribution in [0.2, 0.25) is 0 Å². The van der Waals surface area contributed by atoms with Crippen LogP contribution >= 0.6 is 15.9 Å². The third-order valence-electron chi connectivity index (χ3n) is 3.02. The van der Waals surface area contributed by atoms with E-state index in [9.17, 15) is 9.59 Å². The zero-order valence-electron chi connectivity index (χ0n) is 10.8. The average molecular weight is 310 g/mol. The summed E-state index contributed by atoms with van der Waals surface area (Å²) in [6.45, 7) is 6.95. The van der Waals surface area contributed by atoms with Crippen molar-refractivity contribution in [3.63, 3.8) is 0 Å². The molecule has 1 aromatic rings. The zero-order valence-corrected chi connectivity index (χ0v) is 12.4. The fourth-order valence-electron chi connectivity index (χ4n) is 1.94. The maximum Gasteiger partial charge on any atom is 0.299 e. The number of Topliss-reactive ketones (excluding diaryl/α,β-unsaturated/α-hetero) is 1. The number of carbonyl (C=O) groups excluding carboxylic acids is 2. The Morgan fingerprint density at radius 3 is 2.50 bits per heavy atom. The SMILES string of the molecule is CC(C)(C)CCN1C(=O)C(=O)c2cc(Br)ccc21. The highest BCUT2D eigenvalue weighted by molar-refractivity contribution is 9.10. The van der Waals surface area contributed by atoms with Crippen LogP contribution in [0, 0.1) is 5.41 Å². The number of hydrogen-bond donors (Lipinski definition) is 0. The normalized spacial score (nSPS) is 15.2. The molecule has 0 atom stereocenters. The number of hydrogen-bond acceptors (Lipinski definition) is 2. The summed E-state index contributed by atoms with van der Waals surface area (Å²) in [6, 6.07) is 5.40. The van der Waals surface area contributed by atoms with Crippen molar-refractivity contribution in [2.45, 2.75) is 27.2 Å². The minimum atomic E-state index is -0.410. The standard InChI is InChI=1S/C14H16BrNO2/c1-14(2,3)6-7-16-11-5-4-9(15)8-10(11)12(17)13(16)18/h4-5,8H,6-7H2,1-3H3. The molecular formula is C14H16BrNO2. The molecule has 0 saturated heterocycles. The molecule has 0 bridgehead atoms. The molecule has 1 aliphatic rings. The van der Waals surface area contributed by atoms with Gasteiger partial charge in [0.1, 0.15) is 0 Å². The lowest BCUT2D eigenvalue weighted by molar-refractivity contribution is -0.114. The summed E-state index contributed by atoms with van der Waals surface area (Å²) in [4.78, 5) is 25.4. The van der Waals surface area contributed by atoms with Crippen LogP contribution < -0.4 is 4.90 Å². The molecule has 18 heavy (non-hydrogen) atoms. The summed E-state index contributed by atoms with van der Waals surface area (Å²) in [7, 11) is 0. The van der Waals surface area contributed by atoms with Crippen molar-refractivity contribution in [3.05, 3.63) is 28.2 Å². The van der Waals surface area contributed by atoms with Gasteiger partial charge in [0.05, 0.1) is 11.3 Å². The summed E-state index contributed by atoms with van der Waals surface area (Å²) in [5.74, 6) is -0.812. The van der Waals surface area contributed by atoms with Gasteiger partial charge in [0.15, 0.2) is 0 Å². The van der Waals surface area contributed by atoms with E-state index in [4.69, 9.17) is 0 Å². The number of anilines is 1. The smallest absolute Gasteiger partial charge is 0.299 e. The maximum atomic E-state index is 12.0. The van der Waals surface area contributed by atoms with Gasteiger partial charge in [0.2, 0.25) is 0 Å². The van der Waals surface area contributed by atoms with Gasteiger partial charge in [-0.3, -0.25) is 9.59 Å². The number of nitrogens with zero attached hydrogens (tertiary/aromatic N) is 1. The quantitative estimate of drug-likeness (QED) is 0.785. The molecule has 4 heteroatoms. The highest BCUT2D eigenvalue weighted by atomic mass is 79.9. The molecule has 96 valence electrons. The van der Waals surface area contributed by atoms with E-state index in [0.717, 1.165) is 16.6 Å². The molecule has 1 aliphatic heterocycles. The van der Waals surface area contributed by atoms with Gasteiger partial charge in [-0.15, -0.1) is 0 Å². The van der Waals surface area contributed by atoms with Gasteiger partial charge in [0, 0.05) is 11.0 Å². The van der Waals surface area contributed by atoms with Crippen LogP contribution in [0.4, 0.5) is 5.69 Å². The fraction of sp³-hybridized carbons (Fsp3) is 0.429. The Bertz CT molecular complexity index is 517. The molecule has 0 aromatic heterocycles. The van der Waals surface area contributed by atoms with Gasteiger partial charge in [-0.25, -0.2) is 0 Å². The summed E-state index contributed by atoms with van der Waals surface area (Å²) in [6.07, 6.45) is 0.863. The monoisotopic (exact) mass is 309 g/mol. The largest absolute Gasteiger partial charge is 0.305 e.